The summed E-state index contributed by atoms with van der Waals surface area (Å²) in [5.74, 6) is 5.50. The Morgan fingerprint density at radius 1 is 1.58 bits per heavy atom. The fraction of sp³-hybridized carbons (Fsp3) is 0.333. The van der Waals surface area contributed by atoms with E-state index >= 15 is 0 Å². The molecular weight excluding hydrogens is 152 g/mol. The normalized spacial score (nSPS) is 8.83. The number of aromatic nitrogens is 2. The predicted octanol–water partition coefficient (Wildman–Crippen LogP) is 0.575. The van der Waals surface area contributed by atoms with Gasteiger partial charge in [0.2, 0.25) is 0 Å². The number of hydrogen-bond donors (Lipinski definition) is 0. The molecule has 0 aliphatic carbocycles. The van der Waals surface area contributed by atoms with Crippen molar-refractivity contribution in [2.75, 3.05) is 0 Å². The topological polar surface area (TPSA) is 34.9 Å². The van der Waals surface area contributed by atoms with Gasteiger partial charge >= 0.3 is 0 Å². The highest BCUT2D eigenvalue weighted by atomic mass is 16.1. The van der Waals surface area contributed by atoms with Crippen molar-refractivity contribution in [2.24, 2.45) is 0 Å². The second kappa shape index (κ2) is 3.72. The van der Waals surface area contributed by atoms with Gasteiger partial charge in [-0.3, -0.25) is 4.79 Å². The lowest BCUT2D eigenvalue weighted by Crippen LogP contribution is -2.21. The van der Waals surface area contributed by atoms with E-state index in [-0.39, 0.29) is 5.56 Å². The summed E-state index contributed by atoms with van der Waals surface area (Å²) in [5, 5.41) is 4.01. The van der Waals surface area contributed by atoms with Crippen LogP contribution in [0.1, 0.15) is 12.6 Å². The van der Waals surface area contributed by atoms with Crippen LogP contribution in [0, 0.1) is 18.8 Å². The molecule has 1 aromatic rings. The van der Waals surface area contributed by atoms with Crippen molar-refractivity contribution < 1.29 is 0 Å². The van der Waals surface area contributed by atoms with E-state index in [1.54, 1.807) is 13.0 Å². The van der Waals surface area contributed by atoms with Crippen LogP contribution in [-0.2, 0) is 6.54 Å². The molecule has 0 aliphatic rings. The van der Waals surface area contributed by atoms with Crippen molar-refractivity contribution >= 4 is 0 Å². The molecule has 1 rings (SSSR count). The molecule has 0 saturated heterocycles. The highest BCUT2D eigenvalue weighted by molar-refractivity contribution is 5.00. The molecule has 62 valence electrons. The van der Waals surface area contributed by atoms with Crippen molar-refractivity contribution in [1.29, 1.82) is 0 Å². The van der Waals surface area contributed by atoms with Crippen LogP contribution in [0.4, 0.5) is 0 Å². The molecule has 3 nitrogen and oxygen atoms in total. The largest absolute Gasteiger partial charge is 0.268 e. The standard InChI is InChI=1S/C9H10N2O/c1-3-4-7-11-9(12)6-5-8(2)10-11/h5-6H,7H2,1-2H3. The average Bonchev–Trinajstić information content (AvgIpc) is 2.07. The van der Waals surface area contributed by atoms with E-state index < -0.39 is 0 Å². The molecule has 3 heteroatoms. The van der Waals surface area contributed by atoms with Gasteiger partial charge in [-0.1, -0.05) is 5.92 Å². The summed E-state index contributed by atoms with van der Waals surface area (Å²) in [7, 11) is 0. The third-order valence-corrected chi connectivity index (χ3v) is 1.41. The first-order valence-corrected chi connectivity index (χ1v) is 3.68. The van der Waals surface area contributed by atoms with E-state index in [2.05, 4.69) is 16.9 Å². The van der Waals surface area contributed by atoms with Gasteiger partial charge in [0, 0.05) is 6.07 Å². The minimum Gasteiger partial charge on any atom is -0.268 e. The van der Waals surface area contributed by atoms with Gasteiger partial charge in [0.1, 0.15) is 6.54 Å². The second-order valence-corrected chi connectivity index (χ2v) is 2.40. The zero-order valence-electron chi connectivity index (χ0n) is 7.16. The molecule has 1 heterocycles. The molecular formula is C9H10N2O. The van der Waals surface area contributed by atoms with Gasteiger partial charge in [-0.05, 0) is 19.9 Å². The van der Waals surface area contributed by atoms with Gasteiger partial charge in [0.25, 0.3) is 5.56 Å². The summed E-state index contributed by atoms with van der Waals surface area (Å²) in [6.45, 7) is 3.95. The highest BCUT2D eigenvalue weighted by Gasteiger charge is 1.93. The molecule has 1 aromatic heterocycles. The predicted molar refractivity (Wildman–Crippen MR) is 46.7 cm³/mol. The molecule has 0 aromatic carbocycles. The van der Waals surface area contributed by atoms with Crippen molar-refractivity contribution in [3.8, 4) is 11.8 Å². The maximum atomic E-state index is 11.1. The number of nitrogens with zero attached hydrogens (tertiary/aromatic N) is 2. The van der Waals surface area contributed by atoms with E-state index in [0.717, 1.165) is 5.69 Å². The fourth-order valence-corrected chi connectivity index (χ4v) is 0.818. The van der Waals surface area contributed by atoms with E-state index in [9.17, 15) is 4.79 Å². The lowest BCUT2D eigenvalue weighted by atomic mass is 10.4. The minimum absolute atomic E-state index is 0.108. The highest BCUT2D eigenvalue weighted by Crippen LogP contribution is 1.84. The first kappa shape index (κ1) is 8.54. The summed E-state index contributed by atoms with van der Waals surface area (Å²) in [6.07, 6.45) is 0. The lowest BCUT2D eigenvalue weighted by Gasteiger charge is -1.98. The summed E-state index contributed by atoms with van der Waals surface area (Å²) < 4.78 is 1.35. The molecule has 0 N–H and O–H groups in total. The first-order valence-electron chi connectivity index (χ1n) is 3.68. The quantitative estimate of drug-likeness (QED) is 0.566. The molecule has 0 amide bonds. The first-order chi connectivity index (χ1) is 5.74. The van der Waals surface area contributed by atoms with Crippen LogP contribution in [-0.4, -0.2) is 9.78 Å². The maximum Gasteiger partial charge on any atom is 0.267 e. The SMILES string of the molecule is CC#CCn1nc(C)ccc1=O. The second-order valence-electron chi connectivity index (χ2n) is 2.40. The molecule has 12 heavy (non-hydrogen) atoms. The van der Waals surface area contributed by atoms with Crippen LogP contribution >= 0.6 is 0 Å². The van der Waals surface area contributed by atoms with Crippen molar-refractivity contribution in [3.63, 3.8) is 0 Å². The monoisotopic (exact) mass is 162 g/mol. The Morgan fingerprint density at radius 3 is 3.00 bits per heavy atom. The van der Waals surface area contributed by atoms with Gasteiger partial charge in [0.05, 0.1) is 5.69 Å². The van der Waals surface area contributed by atoms with Crippen LogP contribution in [0.3, 0.4) is 0 Å². The minimum atomic E-state index is -0.108. The summed E-state index contributed by atoms with van der Waals surface area (Å²) in [5.41, 5.74) is 0.718. The zero-order valence-corrected chi connectivity index (χ0v) is 7.16. The molecule has 0 radical (unpaired) electrons. The van der Waals surface area contributed by atoms with Crippen molar-refractivity contribution in [2.45, 2.75) is 20.4 Å². The van der Waals surface area contributed by atoms with E-state index in [4.69, 9.17) is 0 Å². The Labute approximate surface area is 71.0 Å². The van der Waals surface area contributed by atoms with E-state index in [1.165, 1.54) is 10.7 Å². The fourth-order valence-electron chi connectivity index (χ4n) is 0.818. The van der Waals surface area contributed by atoms with Gasteiger partial charge in [-0.25, -0.2) is 4.68 Å². The maximum absolute atomic E-state index is 11.1. The van der Waals surface area contributed by atoms with E-state index in [0.29, 0.717) is 6.54 Å². The Balaban J connectivity index is 3.03. The summed E-state index contributed by atoms with van der Waals surface area (Å²) in [4.78, 5) is 11.1. The van der Waals surface area contributed by atoms with Crippen LogP contribution in [0.5, 0.6) is 0 Å². The average molecular weight is 162 g/mol. The van der Waals surface area contributed by atoms with Gasteiger partial charge in [-0.2, -0.15) is 5.10 Å². The summed E-state index contributed by atoms with van der Waals surface area (Å²) in [6, 6.07) is 3.19. The van der Waals surface area contributed by atoms with Crippen LogP contribution in [0.25, 0.3) is 0 Å². The molecule has 0 saturated carbocycles. The molecule has 0 aliphatic heterocycles. The molecule has 0 spiro atoms. The number of rotatable bonds is 1. The van der Waals surface area contributed by atoms with Crippen molar-refractivity contribution in [3.05, 3.63) is 28.2 Å². The van der Waals surface area contributed by atoms with Crippen LogP contribution in [0.2, 0.25) is 0 Å². The Kier molecular flexibility index (Phi) is 2.65. The van der Waals surface area contributed by atoms with E-state index in [1.807, 2.05) is 6.92 Å². The zero-order chi connectivity index (χ0) is 8.97. The Hall–Kier alpha value is -1.56. The van der Waals surface area contributed by atoms with Gasteiger partial charge in [0.15, 0.2) is 0 Å². The number of hydrogen-bond acceptors (Lipinski definition) is 2. The molecule has 0 bridgehead atoms. The third-order valence-electron chi connectivity index (χ3n) is 1.41. The molecule has 0 fully saturated rings. The lowest BCUT2D eigenvalue weighted by molar-refractivity contribution is 0.650. The Bertz CT molecular complexity index is 381. The van der Waals surface area contributed by atoms with Crippen LogP contribution < -0.4 is 5.56 Å². The number of aryl methyl sites for hydroxylation is 1. The Morgan fingerprint density at radius 2 is 2.33 bits per heavy atom. The van der Waals surface area contributed by atoms with Crippen LogP contribution in [0.15, 0.2) is 16.9 Å². The van der Waals surface area contributed by atoms with Gasteiger partial charge in [-0.15, -0.1) is 5.92 Å². The molecule has 0 atom stereocenters. The molecule has 0 unspecified atom stereocenters. The summed E-state index contributed by atoms with van der Waals surface area (Å²) >= 11 is 0. The third kappa shape index (κ3) is 1.96. The smallest absolute Gasteiger partial charge is 0.267 e. The van der Waals surface area contributed by atoms with Crippen molar-refractivity contribution in [1.82, 2.24) is 9.78 Å². The van der Waals surface area contributed by atoms with Gasteiger partial charge < -0.3 is 0 Å².